The van der Waals surface area contributed by atoms with E-state index in [-0.39, 0.29) is 11.9 Å². The molecule has 0 aliphatic carbocycles. The van der Waals surface area contributed by atoms with Gasteiger partial charge in [0.15, 0.2) is 0 Å². The van der Waals surface area contributed by atoms with Crippen molar-refractivity contribution in [1.29, 1.82) is 0 Å². The number of amides is 1. The minimum Gasteiger partial charge on any atom is -0.272 e. The summed E-state index contributed by atoms with van der Waals surface area (Å²) in [6, 6.07) is 12.2. The Balaban J connectivity index is 1.97. The molecule has 3 rings (SSSR count). The van der Waals surface area contributed by atoms with Crippen LogP contribution in [0.5, 0.6) is 0 Å². The van der Waals surface area contributed by atoms with Gasteiger partial charge in [0.25, 0.3) is 0 Å². The average molecular weight is 391 g/mol. The highest BCUT2D eigenvalue weighted by Gasteiger charge is 2.38. The number of thiophene rings is 1. The van der Waals surface area contributed by atoms with Gasteiger partial charge in [0, 0.05) is 21.2 Å². The van der Waals surface area contributed by atoms with E-state index in [9.17, 15) is 4.79 Å². The van der Waals surface area contributed by atoms with Gasteiger partial charge in [-0.05, 0) is 29.1 Å². The van der Waals surface area contributed by atoms with Crippen LogP contribution < -0.4 is 0 Å². The van der Waals surface area contributed by atoms with Gasteiger partial charge in [-0.1, -0.05) is 54.9 Å². The maximum atomic E-state index is 12.8. The lowest BCUT2D eigenvalue weighted by Gasteiger charge is -2.27. The van der Waals surface area contributed by atoms with Crippen LogP contribution >= 0.6 is 27.3 Å². The fraction of sp³-hybridized carbons (Fsp3) is 0.333. The van der Waals surface area contributed by atoms with Crippen LogP contribution in [-0.2, 0) is 4.79 Å². The molecule has 0 fully saturated rings. The van der Waals surface area contributed by atoms with Crippen LogP contribution in [0.15, 0.2) is 51.4 Å². The molecule has 23 heavy (non-hydrogen) atoms. The molecule has 1 atom stereocenters. The Labute approximate surface area is 149 Å². The topological polar surface area (TPSA) is 32.7 Å². The lowest BCUT2D eigenvalue weighted by molar-refractivity contribution is -0.141. The van der Waals surface area contributed by atoms with E-state index in [1.807, 2.05) is 56.5 Å². The van der Waals surface area contributed by atoms with Crippen LogP contribution in [0.3, 0.4) is 0 Å². The third kappa shape index (κ3) is 3.40. The summed E-state index contributed by atoms with van der Waals surface area (Å²) in [6.45, 7) is 5.82. The first kappa shape index (κ1) is 16.4. The average Bonchev–Trinajstić information content (AvgIpc) is 3.15. The van der Waals surface area contributed by atoms with Crippen molar-refractivity contribution in [3.05, 3.63) is 56.7 Å². The highest BCUT2D eigenvalue weighted by atomic mass is 79.9. The van der Waals surface area contributed by atoms with E-state index in [2.05, 4.69) is 27.1 Å². The van der Waals surface area contributed by atoms with Gasteiger partial charge in [0.05, 0.1) is 11.8 Å². The highest BCUT2D eigenvalue weighted by Crippen LogP contribution is 2.37. The summed E-state index contributed by atoms with van der Waals surface area (Å²) >= 11 is 5.13. The van der Waals surface area contributed by atoms with Crippen molar-refractivity contribution in [3.63, 3.8) is 0 Å². The van der Waals surface area contributed by atoms with Gasteiger partial charge in [-0.3, -0.25) is 4.79 Å². The van der Waals surface area contributed by atoms with Crippen LogP contribution in [0.1, 0.15) is 43.7 Å². The number of nitrogens with zero attached hydrogens (tertiary/aromatic N) is 2. The summed E-state index contributed by atoms with van der Waals surface area (Å²) in [5, 5.41) is 8.42. The number of rotatable bonds is 2. The van der Waals surface area contributed by atoms with Crippen molar-refractivity contribution in [2.24, 2.45) is 10.5 Å². The minimum absolute atomic E-state index is 0.000344. The second-order valence-electron chi connectivity index (χ2n) is 6.69. The van der Waals surface area contributed by atoms with Gasteiger partial charge >= 0.3 is 0 Å². The summed E-state index contributed by atoms with van der Waals surface area (Å²) in [4.78, 5) is 14.0. The highest BCUT2D eigenvalue weighted by molar-refractivity contribution is 9.10. The molecule has 0 saturated heterocycles. The fourth-order valence-corrected chi connectivity index (χ4v) is 3.64. The molecular formula is C18H19BrN2OS. The monoisotopic (exact) mass is 390 g/mol. The Morgan fingerprint density at radius 2 is 1.96 bits per heavy atom. The van der Waals surface area contributed by atoms with Crippen molar-refractivity contribution in [2.45, 2.75) is 33.2 Å². The Kier molecular flexibility index (Phi) is 4.43. The van der Waals surface area contributed by atoms with Gasteiger partial charge < -0.3 is 0 Å². The van der Waals surface area contributed by atoms with Crippen molar-refractivity contribution >= 4 is 38.9 Å². The normalized spacial score (nSPS) is 18.2. The van der Waals surface area contributed by atoms with E-state index < -0.39 is 5.41 Å². The molecule has 120 valence electrons. The number of hydrogen-bond acceptors (Lipinski definition) is 3. The standard InChI is InChI=1S/C18H19BrN2OS/c1-18(2,3)17(22)21-15(16-5-4-10-23-16)11-14(20-21)12-6-8-13(19)9-7-12/h4-10,15H,11H2,1-3H3. The first-order chi connectivity index (χ1) is 10.9. The first-order valence-electron chi connectivity index (χ1n) is 7.57. The molecule has 0 N–H and O–H groups in total. The van der Waals surface area contributed by atoms with Crippen LogP contribution in [0, 0.1) is 5.41 Å². The zero-order valence-corrected chi connectivity index (χ0v) is 15.8. The second-order valence-corrected chi connectivity index (χ2v) is 8.58. The first-order valence-corrected chi connectivity index (χ1v) is 9.24. The fourth-order valence-electron chi connectivity index (χ4n) is 2.56. The molecule has 2 aromatic rings. The summed E-state index contributed by atoms with van der Waals surface area (Å²) in [5.74, 6) is 0.0583. The second kappa shape index (κ2) is 6.21. The summed E-state index contributed by atoms with van der Waals surface area (Å²) in [5.41, 5.74) is 1.58. The molecule has 5 heteroatoms. The quantitative estimate of drug-likeness (QED) is 0.690. The lowest BCUT2D eigenvalue weighted by atomic mass is 9.94. The van der Waals surface area contributed by atoms with Gasteiger partial charge in [0.2, 0.25) is 5.91 Å². The molecule has 0 bridgehead atoms. The molecule has 1 amide bonds. The third-order valence-electron chi connectivity index (χ3n) is 3.81. The van der Waals surface area contributed by atoms with Crippen molar-refractivity contribution < 1.29 is 4.79 Å². The van der Waals surface area contributed by atoms with E-state index in [1.165, 1.54) is 4.88 Å². The van der Waals surface area contributed by atoms with Crippen molar-refractivity contribution in [2.75, 3.05) is 0 Å². The Hall–Kier alpha value is -1.46. The number of hydrazone groups is 1. The van der Waals surface area contributed by atoms with Gasteiger partial charge in [0.1, 0.15) is 0 Å². The molecule has 1 aromatic heterocycles. The zero-order chi connectivity index (χ0) is 16.6. The molecule has 0 radical (unpaired) electrons. The molecule has 0 spiro atoms. The Morgan fingerprint density at radius 3 is 2.52 bits per heavy atom. The molecule has 0 saturated carbocycles. The molecule has 1 aromatic carbocycles. The van der Waals surface area contributed by atoms with Crippen LogP contribution in [0.2, 0.25) is 0 Å². The van der Waals surface area contributed by atoms with E-state index >= 15 is 0 Å². The number of halogens is 1. The van der Waals surface area contributed by atoms with E-state index in [0.29, 0.717) is 0 Å². The van der Waals surface area contributed by atoms with Gasteiger partial charge in [-0.25, -0.2) is 5.01 Å². The minimum atomic E-state index is -0.450. The number of hydrogen-bond donors (Lipinski definition) is 0. The molecule has 2 heterocycles. The number of carbonyl (C=O) groups is 1. The summed E-state index contributed by atoms with van der Waals surface area (Å²) in [7, 11) is 0. The predicted octanol–water partition coefficient (Wildman–Crippen LogP) is 5.23. The summed E-state index contributed by atoms with van der Waals surface area (Å²) in [6.07, 6.45) is 0.754. The predicted molar refractivity (Wildman–Crippen MR) is 98.7 cm³/mol. The molecule has 1 aliphatic rings. The van der Waals surface area contributed by atoms with Crippen LogP contribution in [0.4, 0.5) is 0 Å². The van der Waals surface area contributed by atoms with Crippen LogP contribution in [0.25, 0.3) is 0 Å². The SMILES string of the molecule is CC(C)(C)C(=O)N1N=C(c2ccc(Br)cc2)CC1c1cccs1. The van der Waals surface area contributed by atoms with Crippen LogP contribution in [-0.4, -0.2) is 16.6 Å². The maximum absolute atomic E-state index is 12.8. The maximum Gasteiger partial charge on any atom is 0.248 e. The number of carbonyl (C=O) groups excluding carboxylic acids is 1. The lowest BCUT2D eigenvalue weighted by Crippen LogP contribution is -2.36. The largest absolute Gasteiger partial charge is 0.272 e. The summed E-state index contributed by atoms with van der Waals surface area (Å²) < 4.78 is 1.04. The Morgan fingerprint density at radius 1 is 1.26 bits per heavy atom. The third-order valence-corrected chi connectivity index (χ3v) is 5.31. The van der Waals surface area contributed by atoms with E-state index in [0.717, 1.165) is 22.2 Å². The van der Waals surface area contributed by atoms with Gasteiger partial charge in [-0.15, -0.1) is 11.3 Å². The zero-order valence-electron chi connectivity index (χ0n) is 13.4. The Bertz CT molecular complexity index is 729. The van der Waals surface area contributed by atoms with Crippen molar-refractivity contribution in [3.8, 4) is 0 Å². The van der Waals surface area contributed by atoms with Gasteiger partial charge in [-0.2, -0.15) is 5.10 Å². The molecule has 3 nitrogen and oxygen atoms in total. The molecule has 1 unspecified atom stereocenters. The molecular weight excluding hydrogens is 372 g/mol. The smallest absolute Gasteiger partial charge is 0.248 e. The van der Waals surface area contributed by atoms with E-state index in [1.54, 1.807) is 16.3 Å². The number of benzene rings is 1. The van der Waals surface area contributed by atoms with Crippen molar-refractivity contribution in [1.82, 2.24) is 5.01 Å². The van der Waals surface area contributed by atoms with E-state index in [4.69, 9.17) is 0 Å². The molecule has 1 aliphatic heterocycles.